The Hall–Kier alpha value is -0.0400. The van der Waals surface area contributed by atoms with Gasteiger partial charge in [-0.25, -0.2) is 0 Å². The molecule has 0 aromatic rings. The van der Waals surface area contributed by atoms with Crippen LogP contribution in [0.15, 0.2) is 0 Å². The molecule has 4 aliphatic carbocycles. The van der Waals surface area contributed by atoms with Gasteiger partial charge in [0.1, 0.15) is 0 Å². The molecule has 23 heavy (non-hydrogen) atoms. The van der Waals surface area contributed by atoms with Crippen molar-refractivity contribution in [1.29, 1.82) is 0 Å². The predicted octanol–water partition coefficient (Wildman–Crippen LogP) is 5.93. The Kier molecular flexibility index (Phi) is 3.91. The van der Waals surface area contributed by atoms with E-state index < -0.39 is 0 Å². The van der Waals surface area contributed by atoms with Gasteiger partial charge in [-0.3, -0.25) is 0 Å². The van der Waals surface area contributed by atoms with Crippen LogP contribution in [-0.4, -0.2) is 13.2 Å². The van der Waals surface area contributed by atoms with Crippen LogP contribution >= 0.6 is 0 Å². The van der Waals surface area contributed by atoms with Crippen LogP contribution in [0.2, 0.25) is 0 Å². The fraction of sp³-hybridized carbons (Fsp3) is 1.00. The number of hydrogen-bond acceptors (Lipinski definition) is 1. The number of ether oxygens (including phenoxy) is 1. The molecule has 0 aromatic heterocycles. The van der Waals surface area contributed by atoms with E-state index in [0.29, 0.717) is 16.9 Å². The van der Waals surface area contributed by atoms with Crippen molar-refractivity contribution in [3.05, 3.63) is 0 Å². The first-order chi connectivity index (χ1) is 10.9. The molecule has 0 amide bonds. The lowest BCUT2D eigenvalue weighted by Crippen LogP contribution is -2.56. The molecule has 0 aliphatic heterocycles. The van der Waals surface area contributed by atoms with Gasteiger partial charge in [0.15, 0.2) is 0 Å². The highest BCUT2D eigenvalue weighted by Gasteiger charge is 2.61. The maximum atomic E-state index is 5.94. The van der Waals surface area contributed by atoms with E-state index in [1.54, 1.807) is 0 Å². The van der Waals surface area contributed by atoms with Crippen LogP contribution in [0.1, 0.15) is 79.1 Å². The minimum atomic E-state index is 0.468. The van der Waals surface area contributed by atoms with Gasteiger partial charge < -0.3 is 4.74 Å². The Bertz CT molecular complexity index is 459. The van der Waals surface area contributed by atoms with Crippen molar-refractivity contribution >= 4 is 0 Å². The topological polar surface area (TPSA) is 9.23 Å². The third-order valence-electron chi connectivity index (χ3n) is 9.49. The van der Waals surface area contributed by atoms with E-state index in [-0.39, 0.29) is 0 Å². The SMILES string of the molecule is COC1CCC2C3C(C)CC4CC(C)CCC4(C)C3CCC12C. The molecule has 0 saturated heterocycles. The van der Waals surface area contributed by atoms with Crippen LogP contribution in [0, 0.1) is 46.3 Å². The van der Waals surface area contributed by atoms with E-state index in [9.17, 15) is 0 Å². The minimum Gasteiger partial charge on any atom is -0.381 e. The molecule has 4 aliphatic rings. The summed E-state index contributed by atoms with van der Waals surface area (Å²) in [6.07, 6.45) is 12.2. The molecule has 132 valence electrons. The van der Waals surface area contributed by atoms with E-state index >= 15 is 0 Å². The van der Waals surface area contributed by atoms with Gasteiger partial charge in [-0.15, -0.1) is 0 Å². The molecule has 9 unspecified atom stereocenters. The Morgan fingerprint density at radius 3 is 2.26 bits per heavy atom. The van der Waals surface area contributed by atoms with E-state index in [0.717, 1.165) is 35.5 Å². The monoisotopic (exact) mass is 318 g/mol. The smallest absolute Gasteiger partial charge is 0.0627 e. The second-order valence-electron chi connectivity index (χ2n) is 10.4. The summed E-state index contributed by atoms with van der Waals surface area (Å²) in [5, 5.41) is 0. The van der Waals surface area contributed by atoms with Crippen LogP contribution < -0.4 is 0 Å². The molecule has 9 atom stereocenters. The van der Waals surface area contributed by atoms with Gasteiger partial charge in [-0.05, 0) is 91.3 Å². The lowest BCUT2D eigenvalue weighted by atomic mass is 9.42. The Morgan fingerprint density at radius 1 is 0.826 bits per heavy atom. The largest absolute Gasteiger partial charge is 0.381 e. The summed E-state index contributed by atoms with van der Waals surface area (Å²) in [5.74, 6) is 5.81. The number of fused-ring (bicyclic) bond motifs is 5. The molecule has 4 rings (SSSR count). The van der Waals surface area contributed by atoms with Crippen molar-refractivity contribution in [2.24, 2.45) is 46.3 Å². The molecular weight excluding hydrogens is 280 g/mol. The molecule has 4 fully saturated rings. The fourth-order valence-electron chi connectivity index (χ4n) is 8.19. The summed E-state index contributed by atoms with van der Waals surface area (Å²) in [4.78, 5) is 0. The minimum absolute atomic E-state index is 0.468. The lowest BCUT2D eigenvalue weighted by molar-refractivity contribution is -0.150. The summed E-state index contributed by atoms with van der Waals surface area (Å²) >= 11 is 0. The quantitative estimate of drug-likeness (QED) is 0.582. The van der Waals surface area contributed by atoms with Crippen molar-refractivity contribution in [3.63, 3.8) is 0 Å². The average Bonchev–Trinajstić information content (AvgIpc) is 2.85. The first kappa shape index (κ1) is 16.4. The highest BCUT2D eigenvalue weighted by molar-refractivity contribution is 5.10. The molecule has 0 radical (unpaired) electrons. The second kappa shape index (κ2) is 5.48. The summed E-state index contributed by atoms with van der Waals surface area (Å²) in [6, 6.07) is 0. The van der Waals surface area contributed by atoms with Crippen molar-refractivity contribution < 1.29 is 4.74 Å². The number of rotatable bonds is 1. The molecule has 0 bridgehead atoms. The van der Waals surface area contributed by atoms with Gasteiger partial charge in [0.05, 0.1) is 6.10 Å². The van der Waals surface area contributed by atoms with E-state index in [1.807, 2.05) is 7.11 Å². The number of methoxy groups -OCH3 is 1. The second-order valence-corrected chi connectivity index (χ2v) is 10.4. The van der Waals surface area contributed by atoms with Gasteiger partial charge in [0.25, 0.3) is 0 Å². The van der Waals surface area contributed by atoms with Gasteiger partial charge >= 0.3 is 0 Å². The molecule has 0 spiro atoms. The third-order valence-corrected chi connectivity index (χ3v) is 9.49. The summed E-state index contributed by atoms with van der Waals surface area (Å²) in [6.45, 7) is 10.4. The van der Waals surface area contributed by atoms with E-state index in [4.69, 9.17) is 4.74 Å². The van der Waals surface area contributed by atoms with Gasteiger partial charge in [0, 0.05) is 7.11 Å². The van der Waals surface area contributed by atoms with Crippen LogP contribution in [0.5, 0.6) is 0 Å². The first-order valence-corrected chi connectivity index (χ1v) is 10.4. The summed E-state index contributed by atoms with van der Waals surface area (Å²) in [7, 11) is 1.95. The van der Waals surface area contributed by atoms with Crippen LogP contribution in [-0.2, 0) is 4.74 Å². The summed E-state index contributed by atoms with van der Waals surface area (Å²) in [5.41, 5.74) is 1.12. The molecule has 0 N–H and O–H groups in total. The van der Waals surface area contributed by atoms with Gasteiger partial charge in [-0.1, -0.05) is 34.1 Å². The Morgan fingerprint density at radius 2 is 1.52 bits per heavy atom. The van der Waals surface area contributed by atoms with Crippen LogP contribution in [0.4, 0.5) is 0 Å². The molecule has 4 saturated carbocycles. The Labute approximate surface area is 143 Å². The predicted molar refractivity (Wildman–Crippen MR) is 96.2 cm³/mol. The van der Waals surface area contributed by atoms with Gasteiger partial charge in [-0.2, -0.15) is 0 Å². The van der Waals surface area contributed by atoms with Crippen LogP contribution in [0.3, 0.4) is 0 Å². The zero-order chi connectivity index (χ0) is 16.4. The highest BCUT2D eigenvalue weighted by Crippen LogP contribution is 2.68. The van der Waals surface area contributed by atoms with Gasteiger partial charge in [0.2, 0.25) is 0 Å². The van der Waals surface area contributed by atoms with Crippen molar-refractivity contribution in [1.82, 2.24) is 0 Å². The third kappa shape index (κ3) is 2.21. The molecule has 1 nitrogen and oxygen atoms in total. The van der Waals surface area contributed by atoms with Crippen molar-refractivity contribution in [2.75, 3.05) is 7.11 Å². The molecule has 1 heteroatoms. The average molecular weight is 319 g/mol. The molecule has 0 heterocycles. The zero-order valence-corrected chi connectivity index (χ0v) is 16.1. The van der Waals surface area contributed by atoms with E-state index in [1.165, 1.54) is 51.4 Å². The zero-order valence-electron chi connectivity index (χ0n) is 16.1. The lowest BCUT2D eigenvalue weighted by Gasteiger charge is -2.63. The fourth-order valence-corrected chi connectivity index (χ4v) is 8.19. The number of hydrogen-bond donors (Lipinski definition) is 0. The first-order valence-electron chi connectivity index (χ1n) is 10.4. The molecule has 0 aromatic carbocycles. The van der Waals surface area contributed by atoms with Crippen molar-refractivity contribution in [2.45, 2.75) is 85.2 Å². The normalized spacial score (nSPS) is 59.1. The Balaban J connectivity index is 1.66. The standard InChI is InChI=1S/C22H38O/c1-14-8-10-21(3)16(12-14)13-15(2)20-17-6-7-19(23-5)22(17,4)11-9-18(20)21/h14-20H,6-13H2,1-5H3. The van der Waals surface area contributed by atoms with Crippen LogP contribution in [0.25, 0.3) is 0 Å². The maximum absolute atomic E-state index is 5.94. The highest BCUT2D eigenvalue weighted by atomic mass is 16.5. The molecular formula is C22H38O. The summed E-state index contributed by atoms with van der Waals surface area (Å²) < 4.78 is 5.94. The van der Waals surface area contributed by atoms with E-state index in [2.05, 4.69) is 27.7 Å². The van der Waals surface area contributed by atoms with Crippen molar-refractivity contribution in [3.8, 4) is 0 Å². The maximum Gasteiger partial charge on any atom is 0.0627 e.